The number of thioether (sulfide) groups is 2. The first-order valence-electron chi connectivity index (χ1n) is 10.6. The van der Waals surface area contributed by atoms with Crippen LogP contribution in [0.1, 0.15) is 11.4 Å². The minimum atomic E-state index is -0.273. The molecule has 2 heterocycles. The van der Waals surface area contributed by atoms with Gasteiger partial charge in [0, 0.05) is 18.8 Å². The predicted molar refractivity (Wildman–Crippen MR) is 130 cm³/mol. The standard InChI is InChI=1S/C23H23N5O4S2/c1-16-7-5-6-10-18(16)32-13-19-25-26-22(28(19)17-8-3-2-4-9-17)33-14-20(29)24-11-12-27-21(30)15-34-23(27)31/h2-10H,11-15H2,1H3,(H,24,29). The largest absolute Gasteiger partial charge is 0.485 e. The van der Waals surface area contributed by atoms with Crippen molar-refractivity contribution < 1.29 is 19.1 Å². The van der Waals surface area contributed by atoms with E-state index in [4.69, 9.17) is 4.74 Å². The highest BCUT2D eigenvalue weighted by Gasteiger charge is 2.29. The monoisotopic (exact) mass is 497 g/mol. The number of benzene rings is 2. The van der Waals surface area contributed by atoms with E-state index in [1.54, 1.807) is 0 Å². The molecule has 0 radical (unpaired) electrons. The highest BCUT2D eigenvalue weighted by molar-refractivity contribution is 8.14. The van der Waals surface area contributed by atoms with Gasteiger partial charge in [0.15, 0.2) is 11.0 Å². The molecule has 0 atom stereocenters. The van der Waals surface area contributed by atoms with Gasteiger partial charge < -0.3 is 10.1 Å². The predicted octanol–water partition coefficient (Wildman–Crippen LogP) is 3.06. The first-order valence-corrected chi connectivity index (χ1v) is 12.5. The SMILES string of the molecule is Cc1ccccc1OCc1nnc(SCC(=O)NCCN2C(=O)CSC2=O)n1-c1ccccc1. The van der Waals surface area contributed by atoms with Crippen LogP contribution in [0.25, 0.3) is 5.69 Å². The van der Waals surface area contributed by atoms with Gasteiger partial charge in [-0.2, -0.15) is 0 Å². The van der Waals surface area contributed by atoms with Crippen LogP contribution in [-0.4, -0.2) is 61.3 Å². The van der Waals surface area contributed by atoms with E-state index < -0.39 is 0 Å². The molecule has 1 N–H and O–H groups in total. The number of aromatic nitrogens is 3. The van der Waals surface area contributed by atoms with Gasteiger partial charge in [-0.1, -0.05) is 59.9 Å². The number of aryl methyl sites for hydroxylation is 1. The van der Waals surface area contributed by atoms with E-state index in [1.807, 2.05) is 66.1 Å². The number of rotatable bonds is 10. The quantitative estimate of drug-likeness (QED) is 0.426. The number of hydrogen-bond donors (Lipinski definition) is 1. The summed E-state index contributed by atoms with van der Waals surface area (Å²) in [5.74, 6) is 1.20. The van der Waals surface area contributed by atoms with Crippen molar-refractivity contribution in [3.63, 3.8) is 0 Å². The molecule has 0 spiro atoms. The second kappa shape index (κ2) is 11.2. The van der Waals surface area contributed by atoms with Gasteiger partial charge in [0.25, 0.3) is 5.24 Å². The first-order chi connectivity index (χ1) is 16.5. The third kappa shape index (κ3) is 5.78. The average Bonchev–Trinajstić information content (AvgIpc) is 3.40. The van der Waals surface area contributed by atoms with Crippen molar-refractivity contribution in [1.29, 1.82) is 0 Å². The Morgan fingerprint density at radius 2 is 1.88 bits per heavy atom. The zero-order chi connectivity index (χ0) is 23.9. The van der Waals surface area contributed by atoms with Crippen LogP contribution in [0.2, 0.25) is 0 Å². The Labute approximate surface area is 205 Å². The first kappa shape index (κ1) is 23.8. The number of carbonyl (C=O) groups is 3. The molecule has 1 saturated heterocycles. The summed E-state index contributed by atoms with van der Waals surface area (Å²) in [6, 6.07) is 17.4. The number of amides is 3. The van der Waals surface area contributed by atoms with E-state index in [0.717, 1.165) is 33.7 Å². The molecule has 176 valence electrons. The van der Waals surface area contributed by atoms with Crippen molar-refractivity contribution in [3.8, 4) is 11.4 Å². The summed E-state index contributed by atoms with van der Waals surface area (Å²) in [6.45, 7) is 2.57. The fraction of sp³-hybridized carbons (Fsp3) is 0.261. The molecule has 0 bridgehead atoms. The molecular weight excluding hydrogens is 474 g/mol. The van der Waals surface area contributed by atoms with Gasteiger partial charge >= 0.3 is 0 Å². The van der Waals surface area contributed by atoms with Gasteiger partial charge in [-0.05, 0) is 30.7 Å². The molecule has 34 heavy (non-hydrogen) atoms. The van der Waals surface area contributed by atoms with Gasteiger partial charge in [-0.15, -0.1) is 10.2 Å². The normalized spacial score (nSPS) is 13.4. The fourth-order valence-corrected chi connectivity index (χ4v) is 4.82. The van der Waals surface area contributed by atoms with Crippen LogP contribution in [0.3, 0.4) is 0 Å². The van der Waals surface area contributed by atoms with Gasteiger partial charge in [0.05, 0.1) is 11.5 Å². The summed E-state index contributed by atoms with van der Waals surface area (Å²) in [7, 11) is 0. The molecule has 3 aromatic rings. The molecule has 0 unspecified atom stereocenters. The lowest BCUT2D eigenvalue weighted by Gasteiger charge is -2.13. The van der Waals surface area contributed by atoms with Crippen LogP contribution in [0, 0.1) is 6.92 Å². The third-order valence-corrected chi connectivity index (χ3v) is 6.78. The lowest BCUT2D eigenvalue weighted by molar-refractivity contribution is -0.125. The van der Waals surface area contributed by atoms with Gasteiger partial charge in [0.1, 0.15) is 12.4 Å². The zero-order valence-corrected chi connectivity index (χ0v) is 20.1. The maximum absolute atomic E-state index is 12.3. The molecule has 1 aliphatic rings. The van der Waals surface area contributed by atoms with E-state index in [2.05, 4.69) is 15.5 Å². The molecule has 4 rings (SSSR count). The number of imide groups is 1. The van der Waals surface area contributed by atoms with Crippen LogP contribution in [0.15, 0.2) is 59.8 Å². The van der Waals surface area contributed by atoms with E-state index in [9.17, 15) is 14.4 Å². The number of hydrogen-bond acceptors (Lipinski definition) is 8. The second-order valence-corrected chi connectivity index (χ2v) is 9.23. The summed E-state index contributed by atoms with van der Waals surface area (Å²) < 4.78 is 7.84. The van der Waals surface area contributed by atoms with Crippen molar-refractivity contribution >= 4 is 40.6 Å². The molecule has 9 nitrogen and oxygen atoms in total. The van der Waals surface area contributed by atoms with Crippen molar-refractivity contribution in [2.75, 3.05) is 24.6 Å². The Bertz CT molecular complexity index is 1170. The van der Waals surface area contributed by atoms with E-state index >= 15 is 0 Å². The van der Waals surface area contributed by atoms with Crippen LogP contribution in [0.5, 0.6) is 5.75 Å². The molecule has 3 amide bonds. The fourth-order valence-electron chi connectivity index (χ4n) is 3.27. The maximum Gasteiger partial charge on any atom is 0.288 e. The van der Waals surface area contributed by atoms with Crippen molar-refractivity contribution in [2.24, 2.45) is 0 Å². The smallest absolute Gasteiger partial charge is 0.288 e. The Morgan fingerprint density at radius 1 is 1.12 bits per heavy atom. The molecule has 1 aromatic heterocycles. The van der Waals surface area contributed by atoms with Crippen molar-refractivity contribution in [1.82, 2.24) is 25.0 Å². The van der Waals surface area contributed by atoms with Gasteiger partial charge in [0.2, 0.25) is 11.8 Å². The van der Waals surface area contributed by atoms with Gasteiger partial charge in [-0.25, -0.2) is 0 Å². The molecule has 0 saturated carbocycles. The molecule has 0 aliphatic carbocycles. The van der Waals surface area contributed by atoms with Crippen molar-refractivity contribution in [2.45, 2.75) is 18.7 Å². The Kier molecular flexibility index (Phi) is 7.86. The Morgan fingerprint density at radius 3 is 2.62 bits per heavy atom. The number of nitrogens with one attached hydrogen (secondary N) is 1. The van der Waals surface area contributed by atoms with E-state index in [0.29, 0.717) is 11.0 Å². The Hall–Kier alpha value is -3.31. The summed E-state index contributed by atoms with van der Waals surface area (Å²) in [6.07, 6.45) is 0. The maximum atomic E-state index is 12.3. The number of nitrogens with zero attached hydrogens (tertiary/aromatic N) is 4. The van der Waals surface area contributed by atoms with Crippen molar-refractivity contribution in [3.05, 3.63) is 66.0 Å². The molecule has 1 aliphatic heterocycles. The number of carbonyl (C=O) groups excluding carboxylic acids is 3. The lowest BCUT2D eigenvalue weighted by Crippen LogP contribution is -2.38. The van der Waals surface area contributed by atoms with Crippen LogP contribution in [-0.2, 0) is 16.2 Å². The molecular formula is C23H23N5O4S2. The molecule has 2 aromatic carbocycles. The van der Waals surface area contributed by atoms with Crippen LogP contribution < -0.4 is 10.1 Å². The summed E-state index contributed by atoms with van der Waals surface area (Å²) >= 11 is 2.23. The van der Waals surface area contributed by atoms with Gasteiger partial charge in [-0.3, -0.25) is 23.9 Å². The van der Waals surface area contributed by atoms with E-state index in [-0.39, 0.29) is 48.3 Å². The lowest BCUT2D eigenvalue weighted by atomic mass is 10.2. The number of para-hydroxylation sites is 2. The zero-order valence-electron chi connectivity index (χ0n) is 18.5. The molecule has 11 heteroatoms. The highest BCUT2D eigenvalue weighted by Crippen LogP contribution is 2.24. The van der Waals surface area contributed by atoms with Crippen LogP contribution >= 0.6 is 23.5 Å². The second-order valence-electron chi connectivity index (χ2n) is 7.36. The summed E-state index contributed by atoms with van der Waals surface area (Å²) in [5.41, 5.74) is 1.89. The average molecular weight is 498 g/mol. The molecule has 1 fully saturated rings. The number of ether oxygens (including phenoxy) is 1. The Balaban J connectivity index is 1.39. The topological polar surface area (TPSA) is 106 Å². The highest BCUT2D eigenvalue weighted by atomic mass is 32.2. The minimum absolute atomic E-state index is 0.111. The minimum Gasteiger partial charge on any atom is -0.485 e. The summed E-state index contributed by atoms with van der Waals surface area (Å²) in [5, 5.41) is 11.6. The third-order valence-electron chi connectivity index (χ3n) is 5.00. The van der Waals surface area contributed by atoms with E-state index in [1.165, 1.54) is 11.8 Å². The summed E-state index contributed by atoms with van der Waals surface area (Å²) in [4.78, 5) is 36.8. The van der Waals surface area contributed by atoms with Crippen LogP contribution in [0.4, 0.5) is 4.79 Å².